The monoisotopic (exact) mass is 504 g/mol. The van der Waals surface area contributed by atoms with E-state index >= 15 is 0 Å². The molecule has 0 bridgehead atoms. The van der Waals surface area contributed by atoms with E-state index < -0.39 is 31.4 Å². The Labute approximate surface area is 220 Å². The second-order valence-electron chi connectivity index (χ2n) is 7.81. The lowest BCUT2D eigenvalue weighted by Crippen LogP contribution is -2.55. The van der Waals surface area contributed by atoms with Crippen molar-refractivity contribution in [1.29, 1.82) is 0 Å². The summed E-state index contributed by atoms with van der Waals surface area (Å²) in [5.74, 6) is 39.1. The summed E-state index contributed by atoms with van der Waals surface area (Å²) in [6.45, 7) is 15.5. The Morgan fingerprint density at radius 3 is 1.19 bits per heavy atom. The lowest BCUT2D eigenvalue weighted by Gasteiger charge is -2.35. The van der Waals surface area contributed by atoms with E-state index in [1.807, 2.05) is 39.3 Å². The fourth-order valence-corrected chi connectivity index (χ4v) is 12.1. The topological polar surface area (TPSA) is 44.8 Å². The molecule has 192 valence electrons. The summed E-state index contributed by atoms with van der Waals surface area (Å²) in [6.07, 6.45) is 0. The van der Waals surface area contributed by atoms with Gasteiger partial charge in [0.1, 0.15) is 0 Å². The maximum absolute atomic E-state index is 12.1. The number of hydrogen-bond donors (Lipinski definition) is 0. The van der Waals surface area contributed by atoms with E-state index in [0.29, 0.717) is 0 Å². The van der Waals surface area contributed by atoms with Crippen LogP contribution in [0.2, 0.25) is 45.8 Å². The van der Waals surface area contributed by atoms with Gasteiger partial charge in [0.25, 0.3) is 0 Å². The van der Waals surface area contributed by atoms with E-state index in [0.717, 1.165) is 0 Å². The van der Waals surface area contributed by atoms with Gasteiger partial charge in [0.05, 0.1) is 0 Å². The van der Waals surface area contributed by atoms with Crippen LogP contribution in [0.15, 0.2) is 0 Å². The Kier molecular flexibility index (Phi) is 12.9. The molecule has 0 fully saturated rings. The van der Waals surface area contributed by atoms with Gasteiger partial charge in [-0.1, -0.05) is 5.92 Å². The zero-order valence-corrected chi connectivity index (χ0v) is 22.6. The fraction of sp³-hybridized carbons (Fsp3) is 0.320. The third-order valence-electron chi connectivity index (χ3n) is 2.36. The minimum Gasteiger partial charge on any atom is -0.464 e. The Morgan fingerprint density at radius 1 is 0.562 bits per heavy atom. The zero-order chi connectivity index (χ0) is 24.5. The van der Waals surface area contributed by atoms with Crippen molar-refractivity contribution < 1.29 is 40.3 Å². The highest BCUT2D eigenvalue weighted by Gasteiger charge is 2.46. The van der Waals surface area contributed by atoms with Gasteiger partial charge in [-0.25, -0.2) is 4.79 Å². The van der Waals surface area contributed by atoms with Crippen LogP contribution in [-0.4, -0.2) is 31.4 Å². The molecule has 0 N–H and O–H groups in total. The Bertz CT molecular complexity index is 1230. The highest BCUT2D eigenvalue weighted by atomic mass is 28.5. The van der Waals surface area contributed by atoms with Crippen LogP contribution in [0.5, 0.6) is 0 Å². The highest BCUT2D eigenvalue weighted by molar-refractivity contribution is 6.85. The number of rotatable bonds is 5. The fourth-order valence-electron chi connectivity index (χ4n) is 1.89. The molecule has 0 amide bonds. The van der Waals surface area contributed by atoms with Crippen LogP contribution in [0.3, 0.4) is 0 Å². The molecule has 0 radical (unpaired) electrons. The normalized spacial score (nSPS) is 8.88. The number of hydrogen-bond acceptors (Lipinski definition) is 4. The van der Waals surface area contributed by atoms with Gasteiger partial charge in [-0.2, -0.15) is 0 Å². The third-order valence-corrected chi connectivity index (χ3v) is 10.8. The lowest BCUT2D eigenvalue weighted by atomic mass is 10.5. The van der Waals surface area contributed by atoms with Gasteiger partial charge in [0.2, 0.25) is 0 Å². The molecular formula is C25H56O4Si3. The maximum Gasteiger partial charge on any atom is 0.544 e. The minimum absolute atomic E-state index is 0. The predicted octanol–water partition coefficient (Wildman–Crippen LogP) is 6.78. The van der Waals surface area contributed by atoms with Crippen LogP contribution in [0.25, 0.3) is 0 Å². The van der Waals surface area contributed by atoms with Crippen molar-refractivity contribution in [3.63, 3.8) is 0 Å². The van der Waals surface area contributed by atoms with Gasteiger partial charge in [0, 0.05) is 35.3 Å². The van der Waals surface area contributed by atoms with Gasteiger partial charge in [0.15, 0.2) is 16.6 Å². The minimum atomic E-state index is -3.15. The molecule has 0 atom stereocenters. The molecule has 0 spiro atoms. The van der Waals surface area contributed by atoms with E-state index in [9.17, 15) is 4.79 Å². The van der Waals surface area contributed by atoms with Crippen molar-refractivity contribution in [3.05, 3.63) is 0 Å². The average molecular weight is 505 g/mol. The predicted molar refractivity (Wildman–Crippen MR) is 168 cm³/mol. The Hall–Kier alpha value is -3.48. The van der Waals surface area contributed by atoms with Gasteiger partial charge in [-0.05, 0) is 129 Å². The van der Waals surface area contributed by atoms with Crippen LogP contribution in [0.1, 0.15) is 29.7 Å². The molecule has 4 nitrogen and oxygen atoms in total. The summed E-state index contributed by atoms with van der Waals surface area (Å²) in [7, 11) is -7.13. The first kappa shape index (κ1) is 28.5. The summed E-state index contributed by atoms with van der Waals surface area (Å²) in [4.78, 5) is 12.1. The molecule has 0 aromatic carbocycles. The molecule has 32 heavy (non-hydrogen) atoms. The molecule has 0 aromatic rings. The third kappa shape index (κ3) is 18.5. The quantitative estimate of drug-likeness (QED) is 0.305. The molecular weight excluding hydrogens is 449 g/mol. The molecule has 0 aliphatic rings. The van der Waals surface area contributed by atoms with E-state index in [2.05, 4.69) is 94.7 Å². The smallest absolute Gasteiger partial charge is 0.464 e. The Morgan fingerprint density at radius 2 is 0.875 bits per heavy atom. The van der Waals surface area contributed by atoms with E-state index in [-0.39, 0.29) is 22.8 Å². The van der Waals surface area contributed by atoms with E-state index in [1.165, 1.54) is 0 Å². The van der Waals surface area contributed by atoms with Crippen LogP contribution >= 0.6 is 0 Å². The van der Waals surface area contributed by atoms with Crippen molar-refractivity contribution in [3.8, 4) is 94.7 Å². The second kappa shape index (κ2) is 14.5. The number of carbonyl (C=O) groups is 1. The summed E-state index contributed by atoms with van der Waals surface area (Å²) in [6, 6.07) is 0. The maximum atomic E-state index is 12.1. The summed E-state index contributed by atoms with van der Waals surface area (Å²) >= 11 is 0. The largest absolute Gasteiger partial charge is 0.544 e. The molecule has 0 rings (SSSR count). The summed E-state index contributed by atoms with van der Waals surface area (Å²) in [5.41, 5.74) is 0. The molecule has 0 aromatic heterocycles. The van der Waals surface area contributed by atoms with Crippen molar-refractivity contribution in [2.75, 3.05) is 0 Å². The van der Waals surface area contributed by atoms with Crippen LogP contribution in [0.4, 0.5) is 0 Å². The van der Waals surface area contributed by atoms with Crippen molar-refractivity contribution >= 4 is 31.4 Å². The molecule has 0 heterocycles. The van der Waals surface area contributed by atoms with Gasteiger partial charge in [-0.15, -0.1) is 0 Å². The van der Waals surface area contributed by atoms with Crippen molar-refractivity contribution in [1.82, 2.24) is 0 Å². The molecule has 0 unspecified atom stereocenters. The Balaban J connectivity index is -0.0000000400. The second-order valence-corrected chi connectivity index (χ2v) is 19.8. The standard InChI is InChI=1S/C25H24O4Si3.16H2/c1-9-10-11-12-13-14-15-16-17-18-19-20-21-22-23-24-25(26)27-32(8,28-30(2,3)4)29-31(5,6)7;;;;;;;;;;;;;;;;/h1-8H3;16*1H. The van der Waals surface area contributed by atoms with Gasteiger partial charge >= 0.3 is 14.8 Å². The van der Waals surface area contributed by atoms with Crippen molar-refractivity contribution in [2.45, 2.75) is 52.8 Å². The van der Waals surface area contributed by atoms with Crippen molar-refractivity contribution in [2.24, 2.45) is 0 Å². The molecule has 0 saturated carbocycles. The van der Waals surface area contributed by atoms with Gasteiger partial charge < -0.3 is 12.7 Å². The average Bonchev–Trinajstić information content (AvgIpc) is 2.61. The lowest BCUT2D eigenvalue weighted by molar-refractivity contribution is -0.130. The van der Waals surface area contributed by atoms with Crippen LogP contribution < -0.4 is 0 Å². The molecule has 0 aliphatic carbocycles. The van der Waals surface area contributed by atoms with E-state index in [4.69, 9.17) is 12.7 Å². The first-order valence-electron chi connectivity index (χ1n) is 9.43. The van der Waals surface area contributed by atoms with Crippen LogP contribution in [-0.2, 0) is 17.5 Å². The SMILES string of the molecule is CC#CC#CC#CC#CC#CC#CC#CC#CC(=O)O[Si](C)(O[Si](C)(C)C)O[Si](C)(C)C.[HH].[HH].[HH].[HH].[HH].[HH].[HH].[HH].[HH].[HH].[HH].[HH].[HH].[HH].[HH].[HH]. The van der Waals surface area contributed by atoms with E-state index in [1.54, 1.807) is 13.5 Å². The summed E-state index contributed by atoms with van der Waals surface area (Å²) < 4.78 is 17.6. The number of carbonyl (C=O) groups excluding carboxylic acids is 1. The first-order chi connectivity index (χ1) is 14.9. The molecule has 7 heteroatoms. The highest BCUT2D eigenvalue weighted by Crippen LogP contribution is 2.21. The summed E-state index contributed by atoms with van der Waals surface area (Å²) in [5, 5.41) is 0. The molecule has 0 aliphatic heterocycles. The van der Waals surface area contributed by atoms with Gasteiger partial charge in [-0.3, -0.25) is 0 Å². The molecule has 0 saturated heterocycles. The van der Waals surface area contributed by atoms with Crippen LogP contribution in [0, 0.1) is 94.7 Å². The first-order valence-corrected chi connectivity index (χ1v) is 18.5. The zero-order valence-electron chi connectivity index (χ0n) is 19.6.